The van der Waals surface area contributed by atoms with Crippen molar-refractivity contribution in [2.24, 2.45) is 0 Å². The number of fused-ring (bicyclic) bond motifs is 1. The Hall–Kier alpha value is -2.35. The SMILES string of the molecule is COC(=O)Cc1ccc(-n2nc(C(F)(F)F)c3c2CCNC3)cc1. The highest BCUT2D eigenvalue weighted by Crippen LogP contribution is 2.34. The van der Waals surface area contributed by atoms with Crippen LogP contribution in [0.4, 0.5) is 13.2 Å². The van der Waals surface area contributed by atoms with Crippen LogP contribution in [0.1, 0.15) is 22.5 Å². The van der Waals surface area contributed by atoms with Crippen LogP contribution in [0.15, 0.2) is 24.3 Å². The summed E-state index contributed by atoms with van der Waals surface area (Å²) >= 11 is 0. The molecule has 0 radical (unpaired) electrons. The van der Waals surface area contributed by atoms with Crippen molar-refractivity contribution in [1.82, 2.24) is 15.1 Å². The fraction of sp³-hybridized carbons (Fsp3) is 0.375. The third-order valence-electron chi connectivity index (χ3n) is 3.96. The monoisotopic (exact) mass is 339 g/mol. The molecule has 0 spiro atoms. The standard InChI is InChI=1S/C16H16F3N3O2/c1-24-14(23)8-10-2-4-11(5-3-10)22-13-6-7-20-9-12(13)15(21-22)16(17,18)19/h2-5,20H,6-9H2,1H3. The van der Waals surface area contributed by atoms with Gasteiger partial charge in [0.25, 0.3) is 0 Å². The molecule has 3 rings (SSSR count). The number of halogens is 3. The summed E-state index contributed by atoms with van der Waals surface area (Å²) in [6, 6.07) is 6.70. The van der Waals surface area contributed by atoms with Gasteiger partial charge in [0.1, 0.15) is 0 Å². The van der Waals surface area contributed by atoms with Crippen LogP contribution in [-0.4, -0.2) is 29.4 Å². The first kappa shape index (κ1) is 16.5. The molecule has 1 aromatic heterocycles. The molecule has 8 heteroatoms. The topological polar surface area (TPSA) is 56.2 Å². The Kier molecular flexibility index (Phi) is 4.31. The van der Waals surface area contributed by atoms with Gasteiger partial charge in [0, 0.05) is 25.1 Å². The molecule has 0 atom stereocenters. The second-order valence-electron chi connectivity index (χ2n) is 5.53. The van der Waals surface area contributed by atoms with Gasteiger partial charge in [0.15, 0.2) is 5.69 Å². The van der Waals surface area contributed by atoms with Gasteiger partial charge in [-0.05, 0) is 17.7 Å². The van der Waals surface area contributed by atoms with Gasteiger partial charge < -0.3 is 10.1 Å². The lowest BCUT2D eigenvalue weighted by Crippen LogP contribution is -2.25. The van der Waals surface area contributed by atoms with Crippen LogP contribution in [0.2, 0.25) is 0 Å². The highest BCUT2D eigenvalue weighted by Gasteiger charge is 2.39. The lowest BCUT2D eigenvalue weighted by molar-refractivity contribution is -0.142. The molecular weight excluding hydrogens is 323 g/mol. The zero-order chi connectivity index (χ0) is 17.3. The highest BCUT2D eigenvalue weighted by molar-refractivity contribution is 5.72. The maximum Gasteiger partial charge on any atom is 0.435 e. The van der Waals surface area contributed by atoms with Crippen molar-refractivity contribution in [3.8, 4) is 5.69 Å². The molecule has 128 valence electrons. The molecule has 0 saturated carbocycles. The molecule has 1 aliphatic heterocycles. The fourth-order valence-electron chi connectivity index (χ4n) is 2.78. The van der Waals surface area contributed by atoms with Gasteiger partial charge in [-0.25, -0.2) is 4.68 Å². The maximum absolute atomic E-state index is 13.2. The van der Waals surface area contributed by atoms with E-state index in [1.807, 2.05) is 0 Å². The van der Waals surface area contributed by atoms with E-state index >= 15 is 0 Å². The van der Waals surface area contributed by atoms with E-state index in [1.54, 1.807) is 24.3 Å². The summed E-state index contributed by atoms with van der Waals surface area (Å²) in [6.07, 6.45) is -3.90. The molecule has 1 aromatic carbocycles. The molecule has 0 unspecified atom stereocenters. The molecule has 0 aliphatic carbocycles. The van der Waals surface area contributed by atoms with E-state index in [1.165, 1.54) is 11.8 Å². The zero-order valence-corrected chi connectivity index (χ0v) is 13.0. The van der Waals surface area contributed by atoms with Gasteiger partial charge in [0.05, 0.1) is 24.9 Å². The van der Waals surface area contributed by atoms with E-state index in [2.05, 4.69) is 15.2 Å². The third kappa shape index (κ3) is 3.14. The number of esters is 1. The summed E-state index contributed by atoms with van der Waals surface area (Å²) in [5.74, 6) is -0.371. The van der Waals surface area contributed by atoms with Crippen molar-refractivity contribution < 1.29 is 22.7 Å². The number of hydrogen-bond acceptors (Lipinski definition) is 4. The summed E-state index contributed by atoms with van der Waals surface area (Å²) in [4.78, 5) is 11.3. The Labute approximate surface area is 136 Å². The Balaban J connectivity index is 1.97. The van der Waals surface area contributed by atoms with Crippen molar-refractivity contribution in [3.05, 3.63) is 46.8 Å². The summed E-state index contributed by atoms with van der Waals surface area (Å²) in [5.41, 5.74) is 1.19. The number of benzene rings is 1. The zero-order valence-electron chi connectivity index (χ0n) is 13.0. The normalized spacial score (nSPS) is 14.3. The lowest BCUT2D eigenvalue weighted by Gasteiger charge is -2.16. The number of carbonyl (C=O) groups excluding carboxylic acids is 1. The average Bonchev–Trinajstić information content (AvgIpc) is 2.95. The minimum atomic E-state index is -4.49. The first-order valence-electron chi connectivity index (χ1n) is 7.45. The highest BCUT2D eigenvalue weighted by atomic mass is 19.4. The second-order valence-corrected chi connectivity index (χ2v) is 5.53. The predicted molar refractivity (Wildman–Crippen MR) is 79.7 cm³/mol. The van der Waals surface area contributed by atoms with E-state index in [0.717, 1.165) is 5.56 Å². The van der Waals surface area contributed by atoms with Crippen molar-refractivity contribution in [2.45, 2.75) is 25.6 Å². The molecule has 0 saturated heterocycles. The first-order valence-corrected chi connectivity index (χ1v) is 7.45. The smallest absolute Gasteiger partial charge is 0.435 e. The summed E-state index contributed by atoms with van der Waals surface area (Å²) in [5, 5.41) is 6.75. The maximum atomic E-state index is 13.2. The molecule has 24 heavy (non-hydrogen) atoms. The Morgan fingerprint density at radius 2 is 2.04 bits per heavy atom. The minimum absolute atomic E-state index is 0.117. The molecule has 0 bridgehead atoms. The molecule has 0 fully saturated rings. The Morgan fingerprint density at radius 1 is 1.33 bits per heavy atom. The number of hydrogen-bond donors (Lipinski definition) is 1. The summed E-state index contributed by atoms with van der Waals surface area (Å²) in [6.45, 7) is 0.765. The van der Waals surface area contributed by atoms with Crippen LogP contribution in [-0.2, 0) is 35.1 Å². The average molecular weight is 339 g/mol. The van der Waals surface area contributed by atoms with Gasteiger partial charge in [-0.15, -0.1) is 0 Å². The Bertz CT molecular complexity index is 751. The molecule has 1 aliphatic rings. The van der Waals surface area contributed by atoms with E-state index in [-0.39, 0.29) is 24.5 Å². The van der Waals surface area contributed by atoms with Gasteiger partial charge in [-0.3, -0.25) is 4.79 Å². The molecule has 0 amide bonds. The first-order chi connectivity index (χ1) is 11.4. The quantitative estimate of drug-likeness (QED) is 0.872. The van der Waals surface area contributed by atoms with Crippen molar-refractivity contribution in [3.63, 3.8) is 0 Å². The number of nitrogens with one attached hydrogen (secondary N) is 1. The van der Waals surface area contributed by atoms with Crippen LogP contribution in [0.25, 0.3) is 5.69 Å². The van der Waals surface area contributed by atoms with Gasteiger partial charge >= 0.3 is 12.1 Å². The molecular formula is C16H16F3N3O2. The van der Waals surface area contributed by atoms with E-state index in [0.29, 0.717) is 24.3 Å². The van der Waals surface area contributed by atoms with Crippen molar-refractivity contribution in [1.29, 1.82) is 0 Å². The molecule has 2 heterocycles. The third-order valence-corrected chi connectivity index (χ3v) is 3.96. The predicted octanol–water partition coefficient (Wildman–Crippen LogP) is 2.25. The van der Waals surface area contributed by atoms with Crippen LogP contribution in [0.3, 0.4) is 0 Å². The number of carbonyl (C=O) groups is 1. The van der Waals surface area contributed by atoms with Crippen molar-refractivity contribution >= 4 is 5.97 Å². The van der Waals surface area contributed by atoms with Gasteiger partial charge in [-0.2, -0.15) is 18.3 Å². The number of ether oxygens (including phenoxy) is 1. The second kappa shape index (κ2) is 6.27. The largest absolute Gasteiger partial charge is 0.469 e. The van der Waals surface area contributed by atoms with E-state index in [9.17, 15) is 18.0 Å². The molecule has 1 N–H and O–H groups in total. The molecule has 5 nitrogen and oxygen atoms in total. The summed E-state index contributed by atoms with van der Waals surface area (Å²) in [7, 11) is 1.30. The minimum Gasteiger partial charge on any atom is -0.469 e. The van der Waals surface area contributed by atoms with Crippen LogP contribution < -0.4 is 5.32 Å². The van der Waals surface area contributed by atoms with E-state index < -0.39 is 11.9 Å². The van der Waals surface area contributed by atoms with Crippen molar-refractivity contribution in [2.75, 3.05) is 13.7 Å². The number of alkyl halides is 3. The number of nitrogens with zero attached hydrogens (tertiary/aromatic N) is 2. The fourth-order valence-corrected chi connectivity index (χ4v) is 2.78. The van der Waals surface area contributed by atoms with Gasteiger partial charge in [-0.1, -0.05) is 12.1 Å². The van der Waals surface area contributed by atoms with Gasteiger partial charge in [0.2, 0.25) is 0 Å². The lowest BCUT2D eigenvalue weighted by atomic mass is 10.1. The van der Waals surface area contributed by atoms with Crippen LogP contribution in [0.5, 0.6) is 0 Å². The summed E-state index contributed by atoms with van der Waals surface area (Å²) < 4.78 is 45.5. The van der Waals surface area contributed by atoms with Crippen LogP contribution in [0, 0.1) is 0 Å². The number of aromatic nitrogens is 2. The Morgan fingerprint density at radius 3 is 2.67 bits per heavy atom. The van der Waals surface area contributed by atoms with Crippen LogP contribution >= 0.6 is 0 Å². The number of rotatable bonds is 3. The number of methoxy groups -OCH3 is 1. The molecule has 2 aromatic rings. The van der Waals surface area contributed by atoms with E-state index in [4.69, 9.17) is 0 Å².